The van der Waals surface area contributed by atoms with Crippen molar-refractivity contribution >= 4 is 27.5 Å². The van der Waals surface area contributed by atoms with E-state index in [0.29, 0.717) is 18.7 Å². The van der Waals surface area contributed by atoms with E-state index in [0.717, 1.165) is 23.1 Å². The van der Waals surface area contributed by atoms with Crippen molar-refractivity contribution in [2.24, 2.45) is 0 Å². The molecule has 0 aliphatic rings. The first-order valence-electron chi connectivity index (χ1n) is 12.1. The second-order valence-electron chi connectivity index (χ2n) is 9.23. The molecule has 0 saturated carbocycles. The lowest BCUT2D eigenvalue weighted by Crippen LogP contribution is -2.49. The molecule has 35 heavy (non-hydrogen) atoms. The van der Waals surface area contributed by atoms with Crippen LogP contribution in [0.15, 0.2) is 48.5 Å². The largest absolute Gasteiger partial charge is 0.352 e. The number of rotatable bonds is 12. The Balaban J connectivity index is 2.18. The summed E-state index contributed by atoms with van der Waals surface area (Å²) in [5.41, 5.74) is 3.37. The third kappa shape index (κ3) is 8.38. The van der Waals surface area contributed by atoms with Gasteiger partial charge in [0, 0.05) is 25.6 Å². The number of anilines is 1. The number of amides is 2. The molecule has 0 bridgehead atoms. The average molecular weight is 502 g/mol. The Morgan fingerprint density at radius 1 is 1.03 bits per heavy atom. The summed E-state index contributed by atoms with van der Waals surface area (Å²) in [7, 11) is -3.53. The second kappa shape index (κ2) is 12.7. The van der Waals surface area contributed by atoms with Gasteiger partial charge in [0.15, 0.2) is 0 Å². The van der Waals surface area contributed by atoms with Gasteiger partial charge in [0.05, 0.1) is 11.9 Å². The first-order chi connectivity index (χ1) is 16.4. The van der Waals surface area contributed by atoms with Crippen molar-refractivity contribution in [2.75, 3.05) is 17.1 Å². The number of sulfonamides is 1. The van der Waals surface area contributed by atoms with Gasteiger partial charge in [-0.15, -0.1) is 0 Å². The van der Waals surface area contributed by atoms with Gasteiger partial charge in [0.25, 0.3) is 0 Å². The molecule has 2 aromatic carbocycles. The summed E-state index contributed by atoms with van der Waals surface area (Å²) < 4.78 is 26.5. The van der Waals surface area contributed by atoms with Gasteiger partial charge >= 0.3 is 0 Å². The monoisotopic (exact) mass is 501 g/mol. The smallest absolute Gasteiger partial charge is 0.242 e. The number of nitrogens with zero attached hydrogens (tertiary/aromatic N) is 2. The zero-order chi connectivity index (χ0) is 26.2. The van der Waals surface area contributed by atoms with Crippen LogP contribution in [0.2, 0.25) is 0 Å². The lowest BCUT2D eigenvalue weighted by molar-refractivity contribution is -0.140. The first-order valence-corrected chi connectivity index (χ1v) is 14.0. The Kier molecular flexibility index (Phi) is 10.3. The van der Waals surface area contributed by atoms with Crippen molar-refractivity contribution < 1.29 is 18.0 Å². The van der Waals surface area contributed by atoms with E-state index < -0.39 is 16.1 Å². The highest BCUT2D eigenvalue weighted by molar-refractivity contribution is 7.92. The number of carbonyl (C=O) groups excluding carboxylic acids is 2. The van der Waals surface area contributed by atoms with Gasteiger partial charge in [0.1, 0.15) is 6.04 Å². The van der Waals surface area contributed by atoms with Crippen LogP contribution in [-0.4, -0.2) is 50.0 Å². The average Bonchev–Trinajstić information content (AvgIpc) is 2.81. The maximum Gasteiger partial charge on any atom is 0.242 e. The predicted octanol–water partition coefficient (Wildman–Crippen LogP) is 4.18. The summed E-state index contributed by atoms with van der Waals surface area (Å²) >= 11 is 0. The van der Waals surface area contributed by atoms with E-state index >= 15 is 0 Å². The minimum Gasteiger partial charge on any atom is -0.352 e. The Morgan fingerprint density at radius 2 is 1.69 bits per heavy atom. The van der Waals surface area contributed by atoms with E-state index in [1.54, 1.807) is 11.8 Å². The molecule has 2 aromatic rings. The Hall–Kier alpha value is -2.87. The van der Waals surface area contributed by atoms with Crippen molar-refractivity contribution in [3.8, 4) is 0 Å². The molecule has 0 radical (unpaired) electrons. The van der Waals surface area contributed by atoms with E-state index in [-0.39, 0.29) is 30.8 Å². The van der Waals surface area contributed by atoms with Crippen LogP contribution in [0.5, 0.6) is 0 Å². The molecule has 2 amide bonds. The van der Waals surface area contributed by atoms with Crippen molar-refractivity contribution in [1.29, 1.82) is 0 Å². The van der Waals surface area contributed by atoms with Gasteiger partial charge < -0.3 is 10.2 Å². The number of benzene rings is 2. The van der Waals surface area contributed by atoms with Crippen LogP contribution in [0.1, 0.15) is 56.7 Å². The number of aryl methyl sites for hydroxylation is 2. The van der Waals surface area contributed by atoms with Gasteiger partial charge in [-0.05, 0) is 63.3 Å². The summed E-state index contributed by atoms with van der Waals surface area (Å²) in [6.07, 6.45) is 2.44. The molecule has 0 heterocycles. The Morgan fingerprint density at radius 3 is 2.29 bits per heavy atom. The fourth-order valence-corrected chi connectivity index (χ4v) is 4.81. The molecule has 0 spiro atoms. The van der Waals surface area contributed by atoms with Crippen LogP contribution in [0.4, 0.5) is 5.69 Å². The van der Waals surface area contributed by atoms with E-state index in [4.69, 9.17) is 0 Å². The molecular formula is C27H39N3O4S. The van der Waals surface area contributed by atoms with E-state index in [9.17, 15) is 18.0 Å². The maximum atomic E-state index is 13.3. The van der Waals surface area contributed by atoms with E-state index in [1.165, 1.54) is 10.6 Å². The van der Waals surface area contributed by atoms with Gasteiger partial charge in [-0.3, -0.25) is 13.9 Å². The van der Waals surface area contributed by atoms with Gasteiger partial charge in [-0.25, -0.2) is 8.42 Å². The molecule has 0 saturated heterocycles. The highest BCUT2D eigenvalue weighted by atomic mass is 32.2. The van der Waals surface area contributed by atoms with Crippen molar-refractivity contribution in [1.82, 2.24) is 10.2 Å². The summed E-state index contributed by atoms with van der Waals surface area (Å²) in [4.78, 5) is 27.7. The summed E-state index contributed by atoms with van der Waals surface area (Å²) in [5, 5.41) is 2.96. The van der Waals surface area contributed by atoms with Gasteiger partial charge in [-0.2, -0.15) is 0 Å². The molecule has 0 unspecified atom stereocenters. The molecule has 0 aromatic heterocycles. The quantitative estimate of drug-likeness (QED) is 0.473. The third-order valence-electron chi connectivity index (χ3n) is 6.15. The molecule has 1 N–H and O–H groups in total. The van der Waals surface area contributed by atoms with Crippen molar-refractivity contribution in [3.63, 3.8) is 0 Å². The normalized spacial score (nSPS) is 13.1. The van der Waals surface area contributed by atoms with Crippen LogP contribution in [0, 0.1) is 13.8 Å². The van der Waals surface area contributed by atoms with Crippen LogP contribution in [0.3, 0.4) is 0 Å². The number of nitrogens with one attached hydrogen (secondary N) is 1. The molecule has 0 fully saturated rings. The van der Waals surface area contributed by atoms with Gasteiger partial charge in [0.2, 0.25) is 21.8 Å². The molecular weight excluding hydrogens is 462 g/mol. The molecule has 2 rings (SSSR count). The number of hydrogen-bond acceptors (Lipinski definition) is 4. The standard InChI is InChI=1S/C27H39N3O4S/c1-7-22(4)28-27(32)23(5)29(19-24-12-9-8-10-13-24)26(31)14-11-17-30(35(6,33)34)25-18-20(2)15-16-21(25)3/h8-10,12-13,15-16,18,22-23H,7,11,14,17,19H2,1-6H3,(H,28,32)/t22-,23+/m1/s1. The Labute approximate surface area is 210 Å². The SMILES string of the molecule is CC[C@@H](C)NC(=O)[C@H](C)N(Cc1ccccc1)C(=O)CCCN(c1cc(C)ccc1C)S(C)(=O)=O. The number of carbonyl (C=O) groups is 2. The lowest BCUT2D eigenvalue weighted by Gasteiger charge is -2.30. The topological polar surface area (TPSA) is 86.8 Å². The zero-order valence-electron chi connectivity index (χ0n) is 21.7. The third-order valence-corrected chi connectivity index (χ3v) is 7.33. The number of hydrogen-bond donors (Lipinski definition) is 1. The second-order valence-corrected chi connectivity index (χ2v) is 11.1. The molecule has 0 aliphatic heterocycles. The van der Waals surface area contributed by atoms with E-state index in [2.05, 4.69) is 5.32 Å². The fraction of sp³-hybridized carbons (Fsp3) is 0.481. The predicted molar refractivity (Wildman–Crippen MR) is 142 cm³/mol. The van der Waals surface area contributed by atoms with Crippen LogP contribution >= 0.6 is 0 Å². The van der Waals surface area contributed by atoms with Crippen molar-refractivity contribution in [3.05, 3.63) is 65.2 Å². The highest BCUT2D eigenvalue weighted by Crippen LogP contribution is 2.24. The van der Waals surface area contributed by atoms with Crippen LogP contribution in [-0.2, 0) is 26.2 Å². The minimum atomic E-state index is -3.53. The lowest BCUT2D eigenvalue weighted by atomic mass is 10.1. The molecule has 8 heteroatoms. The van der Waals surface area contributed by atoms with Gasteiger partial charge in [-0.1, -0.05) is 49.4 Å². The maximum absolute atomic E-state index is 13.3. The van der Waals surface area contributed by atoms with E-state index in [1.807, 2.05) is 76.2 Å². The van der Waals surface area contributed by atoms with Crippen LogP contribution in [0.25, 0.3) is 0 Å². The molecule has 0 aliphatic carbocycles. The zero-order valence-corrected chi connectivity index (χ0v) is 22.6. The minimum absolute atomic E-state index is 0.0134. The highest BCUT2D eigenvalue weighted by Gasteiger charge is 2.27. The summed E-state index contributed by atoms with van der Waals surface area (Å²) in [6.45, 7) is 9.94. The van der Waals surface area contributed by atoms with Crippen molar-refractivity contribution in [2.45, 2.75) is 72.5 Å². The summed E-state index contributed by atoms with van der Waals surface area (Å²) in [5.74, 6) is -0.383. The Bertz CT molecular complexity index is 1100. The first kappa shape index (κ1) is 28.4. The summed E-state index contributed by atoms with van der Waals surface area (Å²) in [6, 6.07) is 14.6. The molecule has 2 atom stereocenters. The fourth-order valence-electron chi connectivity index (χ4n) is 3.80. The van der Waals surface area contributed by atoms with Crippen LogP contribution < -0.4 is 9.62 Å². The molecule has 7 nitrogen and oxygen atoms in total. The molecule has 192 valence electrons.